The van der Waals surface area contributed by atoms with Gasteiger partial charge in [-0.1, -0.05) is 6.92 Å². The zero-order valence-corrected chi connectivity index (χ0v) is 10.4. The molecule has 0 unspecified atom stereocenters. The Morgan fingerprint density at radius 3 is 3.06 bits per heavy atom. The van der Waals surface area contributed by atoms with Crippen molar-refractivity contribution in [2.75, 3.05) is 18.2 Å². The van der Waals surface area contributed by atoms with Crippen molar-refractivity contribution in [3.05, 3.63) is 17.3 Å². The fourth-order valence-electron chi connectivity index (χ4n) is 1.59. The Morgan fingerprint density at radius 1 is 1.65 bits per heavy atom. The van der Waals surface area contributed by atoms with Crippen LogP contribution in [0.15, 0.2) is 11.0 Å². The molecule has 0 saturated carbocycles. The molecule has 1 aliphatic heterocycles. The van der Waals surface area contributed by atoms with Gasteiger partial charge < -0.3 is 10.1 Å². The number of carbonyl (C=O) groups excluding carboxylic acids is 2. The molecule has 0 radical (unpaired) electrons. The number of methoxy groups -OCH3 is 1. The van der Waals surface area contributed by atoms with Crippen LogP contribution in [0.3, 0.4) is 0 Å². The zero-order chi connectivity index (χ0) is 12.4. The van der Waals surface area contributed by atoms with E-state index in [2.05, 4.69) is 15.0 Å². The molecule has 6 heteroatoms. The average molecular weight is 252 g/mol. The van der Waals surface area contributed by atoms with Crippen LogP contribution < -0.4 is 5.32 Å². The molecule has 0 spiro atoms. The normalized spacial score (nSPS) is 13.9. The number of hydrogen-bond acceptors (Lipinski definition) is 5. The number of thioether (sulfide) groups is 1. The number of aromatic nitrogens is 1. The van der Waals surface area contributed by atoms with Gasteiger partial charge in [0.05, 0.1) is 17.8 Å². The Morgan fingerprint density at radius 2 is 2.41 bits per heavy atom. The van der Waals surface area contributed by atoms with E-state index in [9.17, 15) is 9.59 Å². The van der Waals surface area contributed by atoms with Crippen molar-refractivity contribution >= 4 is 29.5 Å². The molecule has 1 aliphatic rings. The summed E-state index contributed by atoms with van der Waals surface area (Å²) in [6.07, 6.45) is 0.694. The molecule has 0 atom stereocenters. The van der Waals surface area contributed by atoms with Gasteiger partial charge >= 0.3 is 5.97 Å². The van der Waals surface area contributed by atoms with Gasteiger partial charge in [-0.2, -0.15) is 0 Å². The molecule has 0 fully saturated rings. The van der Waals surface area contributed by atoms with Crippen LogP contribution in [0.4, 0.5) is 5.82 Å². The molecule has 1 aromatic heterocycles. The minimum atomic E-state index is -0.477. The van der Waals surface area contributed by atoms with Crippen LogP contribution in [0.1, 0.15) is 23.0 Å². The second-order valence-corrected chi connectivity index (χ2v) is 4.54. The van der Waals surface area contributed by atoms with Crippen molar-refractivity contribution < 1.29 is 14.3 Å². The quantitative estimate of drug-likeness (QED) is 0.807. The molecular formula is C11H12N2O3S. The van der Waals surface area contributed by atoms with Gasteiger partial charge in [0.15, 0.2) is 5.69 Å². The number of nitrogens with zero attached hydrogens (tertiary/aromatic N) is 1. The van der Waals surface area contributed by atoms with Gasteiger partial charge in [-0.3, -0.25) is 4.79 Å². The lowest BCUT2D eigenvalue weighted by molar-refractivity contribution is -0.113. The predicted molar refractivity (Wildman–Crippen MR) is 64.3 cm³/mol. The van der Waals surface area contributed by atoms with Crippen molar-refractivity contribution in [2.24, 2.45) is 0 Å². The van der Waals surface area contributed by atoms with Crippen LogP contribution in [0.25, 0.3) is 0 Å². The maximum absolute atomic E-state index is 11.6. The second-order valence-electron chi connectivity index (χ2n) is 3.52. The number of ether oxygens (including phenoxy) is 1. The molecule has 0 bridgehead atoms. The van der Waals surface area contributed by atoms with Crippen LogP contribution >= 0.6 is 11.8 Å². The topological polar surface area (TPSA) is 68.3 Å². The number of carbonyl (C=O) groups is 2. The van der Waals surface area contributed by atoms with E-state index in [4.69, 9.17) is 0 Å². The fraction of sp³-hybridized carbons (Fsp3) is 0.364. The highest BCUT2D eigenvalue weighted by Gasteiger charge is 2.22. The Kier molecular flexibility index (Phi) is 3.33. The van der Waals surface area contributed by atoms with E-state index in [0.29, 0.717) is 18.0 Å². The first-order valence-corrected chi connectivity index (χ1v) is 6.19. The van der Waals surface area contributed by atoms with E-state index in [1.165, 1.54) is 18.9 Å². The van der Waals surface area contributed by atoms with Crippen LogP contribution in [0.2, 0.25) is 0 Å². The zero-order valence-electron chi connectivity index (χ0n) is 9.57. The first-order valence-electron chi connectivity index (χ1n) is 5.20. The lowest BCUT2D eigenvalue weighted by atomic mass is 10.1. The van der Waals surface area contributed by atoms with Gasteiger partial charge in [-0.25, -0.2) is 9.78 Å². The third-order valence-corrected chi connectivity index (χ3v) is 3.47. The summed E-state index contributed by atoms with van der Waals surface area (Å²) in [6, 6.07) is 1.89. The van der Waals surface area contributed by atoms with Crippen molar-refractivity contribution in [1.29, 1.82) is 0 Å². The molecule has 5 nitrogen and oxygen atoms in total. The number of anilines is 1. The summed E-state index contributed by atoms with van der Waals surface area (Å²) in [5.74, 6) is 0.253. The van der Waals surface area contributed by atoms with Crippen molar-refractivity contribution in [3.8, 4) is 0 Å². The third-order valence-electron chi connectivity index (χ3n) is 2.44. The van der Waals surface area contributed by atoms with E-state index >= 15 is 0 Å². The highest BCUT2D eigenvalue weighted by atomic mass is 32.2. The molecule has 2 rings (SSSR count). The minimum absolute atomic E-state index is 0.102. The number of fused-ring (bicyclic) bond motifs is 1. The standard InChI is InChI=1S/C11H12N2O3S/c1-3-6-4-7-10(12-8(14)5-17-7)13-9(6)11(15)16-2/h4H,3,5H2,1-2H3,(H,12,13,14). The Hall–Kier alpha value is -1.56. The molecule has 0 aliphatic carbocycles. The molecule has 1 N–H and O–H groups in total. The number of pyridine rings is 1. The average Bonchev–Trinajstić information content (AvgIpc) is 2.36. The third kappa shape index (κ3) is 2.26. The van der Waals surface area contributed by atoms with Crippen LogP contribution in [-0.2, 0) is 16.0 Å². The molecule has 2 heterocycles. The number of nitrogens with one attached hydrogen (secondary N) is 1. The summed E-state index contributed by atoms with van der Waals surface area (Å²) in [5.41, 5.74) is 1.11. The first kappa shape index (κ1) is 11.9. The number of hydrogen-bond donors (Lipinski definition) is 1. The fourth-order valence-corrected chi connectivity index (χ4v) is 2.41. The van der Waals surface area contributed by atoms with Crippen molar-refractivity contribution in [2.45, 2.75) is 18.2 Å². The highest BCUT2D eigenvalue weighted by molar-refractivity contribution is 8.00. The van der Waals surface area contributed by atoms with Gasteiger partial charge in [0, 0.05) is 0 Å². The molecule has 17 heavy (non-hydrogen) atoms. The van der Waals surface area contributed by atoms with Gasteiger partial charge in [-0.05, 0) is 18.1 Å². The summed E-state index contributed by atoms with van der Waals surface area (Å²) in [7, 11) is 1.32. The SMILES string of the molecule is CCc1cc2c(nc1C(=O)OC)NC(=O)CS2. The summed E-state index contributed by atoms with van der Waals surface area (Å²) < 4.78 is 4.68. The maximum atomic E-state index is 11.6. The van der Waals surface area contributed by atoms with Crippen LogP contribution in [0.5, 0.6) is 0 Å². The van der Waals surface area contributed by atoms with Crippen molar-refractivity contribution in [3.63, 3.8) is 0 Å². The lowest BCUT2D eigenvalue weighted by Gasteiger charge is -2.17. The van der Waals surface area contributed by atoms with E-state index in [-0.39, 0.29) is 11.6 Å². The molecular weight excluding hydrogens is 240 g/mol. The number of aryl methyl sites for hydroxylation is 1. The van der Waals surface area contributed by atoms with Gasteiger partial charge in [0.1, 0.15) is 5.82 Å². The largest absolute Gasteiger partial charge is 0.464 e. The summed E-state index contributed by atoms with van der Waals surface area (Å²) in [6.45, 7) is 1.95. The predicted octanol–water partition coefficient (Wildman–Crippen LogP) is 1.47. The van der Waals surface area contributed by atoms with Gasteiger partial charge in [0.2, 0.25) is 5.91 Å². The molecule has 1 amide bonds. The summed E-state index contributed by atoms with van der Waals surface area (Å²) in [4.78, 5) is 27.9. The lowest BCUT2D eigenvalue weighted by Crippen LogP contribution is -2.21. The highest BCUT2D eigenvalue weighted by Crippen LogP contribution is 2.31. The Balaban J connectivity index is 2.49. The van der Waals surface area contributed by atoms with E-state index in [0.717, 1.165) is 10.5 Å². The maximum Gasteiger partial charge on any atom is 0.357 e. The van der Waals surface area contributed by atoms with E-state index < -0.39 is 5.97 Å². The molecule has 90 valence electrons. The number of rotatable bonds is 2. The number of amides is 1. The van der Waals surface area contributed by atoms with Crippen molar-refractivity contribution in [1.82, 2.24) is 4.98 Å². The van der Waals surface area contributed by atoms with Gasteiger partial charge in [-0.15, -0.1) is 11.8 Å². The van der Waals surface area contributed by atoms with Crippen LogP contribution in [0, 0.1) is 0 Å². The monoisotopic (exact) mass is 252 g/mol. The molecule has 0 aromatic carbocycles. The molecule has 1 aromatic rings. The van der Waals surface area contributed by atoms with Gasteiger partial charge in [0.25, 0.3) is 0 Å². The summed E-state index contributed by atoms with van der Waals surface area (Å²) >= 11 is 1.43. The Bertz CT molecular complexity index is 488. The van der Waals surface area contributed by atoms with Crippen LogP contribution in [-0.4, -0.2) is 29.7 Å². The Labute approximate surface area is 103 Å². The smallest absolute Gasteiger partial charge is 0.357 e. The van der Waals surface area contributed by atoms with E-state index in [1.807, 2.05) is 13.0 Å². The number of esters is 1. The first-order chi connectivity index (χ1) is 8.15. The molecule has 0 saturated heterocycles. The second kappa shape index (κ2) is 4.75. The minimum Gasteiger partial charge on any atom is -0.464 e. The summed E-state index contributed by atoms with van der Waals surface area (Å²) in [5, 5.41) is 2.65. The van der Waals surface area contributed by atoms with E-state index in [1.54, 1.807) is 0 Å².